The summed E-state index contributed by atoms with van der Waals surface area (Å²) in [6.45, 7) is 0. The Morgan fingerprint density at radius 3 is 0.286 bits per heavy atom. The Bertz CT molecular complexity index is 37.0. The summed E-state index contributed by atoms with van der Waals surface area (Å²) in [5.74, 6) is 0. The van der Waals surface area contributed by atoms with Gasteiger partial charge in [-0.25, -0.2) is 0 Å². The number of hydrogen-bond donors (Lipinski definition) is 0. The number of rotatable bonds is 0. The average Bonchev–Trinajstić information content (AvgIpc) is 1.25. The first-order valence-electron chi connectivity index (χ1n) is 1.41. The van der Waals surface area contributed by atoms with Crippen molar-refractivity contribution in [3.05, 3.63) is 0 Å². The van der Waals surface area contributed by atoms with Crippen LogP contribution in [0, 0.1) is 0 Å². The van der Waals surface area contributed by atoms with E-state index in [-0.39, 0.29) is 85.1 Å². The van der Waals surface area contributed by atoms with Crippen LogP contribution in [0.4, 0.5) is 0 Å². The molecule has 0 saturated carbocycles. The van der Waals surface area contributed by atoms with Crippen LogP contribution in [0.15, 0.2) is 0 Å². The van der Waals surface area contributed by atoms with Crippen LogP contribution in [0.1, 0.15) is 0 Å². The fourth-order valence-electron chi connectivity index (χ4n) is 0. The molecule has 0 aliphatic rings. The molecule has 0 bridgehead atoms. The SMILES string of the molecule is O.O.O.O.O.O.O.O.O.O.[Be+2].[Be+2].[Be+2].[O-]B([O-])[O-].[O-]B([O-])[O-]. The maximum absolute atomic E-state index is 8.42. The van der Waals surface area contributed by atoms with Gasteiger partial charge in [0.2, 0.25) is 0 Å². The second-order valence-corrected chi connectivity index (χ2v) is 0.577. The Labute approximate surface area is 131 Å². The molecule has 0 aliphatic heterocycles. The van der Waals surface area contributed by atoms with Gasteiger partial charge in [-0.15, -0.1) is 0 Å². The molecule has 0 atom stereocenters. The van der Waals surface area contributed by atoms with Crippen molar-refractivity contribution in [3.63, 3.8) is 0 Å². The van der Waals surface area contributed by atoms with Crippen molar-refractivity contribution in [2.75, 3.05) is 0 Å². The summed E-state index contributed by atoms with van der Waals surface area (Å²) in [5, 5.41) is 50.5. The van der Waals surface area contributed by atoms with Gasteiger partial charge in [-0.05, 0) is 0 Å². The minimum atomic E-state index is -2.92. The zero-order valence-electron chi connectivity index (χ0n) is 10.7. The van der Waals surface area contributed by atoms with Gasteiger partial charge in [0.05, 0.1) is 0 Å². The van der Waals surface area contributed by atoms with Gasteiger partial charge in [0.25, 0.3) is 0 Å². The number of hydrogen-bond acceptors (Lipinski definition) is 6. The molecule has 0 radical (unpaired) electrons. The summed E-state index contributed by atoms with van der Waals surface area (Å²) in [7, 11) is -5.83. The normalized spacial score (nSPS) is 2.57. The molecule has 20 N–H and O–H groups in total. The molecule has 0 aromatic heterocycles. The molecule has 0 heterocycles. The minimum absolute atomic E-state index is 0. The summed E-state index contributed by atoms with van der Waals surface area (Å²) in [4.78, 5) is 0. The predicted octanol–water partition coefficient (Wildman–Crippen LogP) is -17.3. The molecular weight excluding hydrogens is 305 g/mol. The molecule has 0 fully saturated rings. The zero-order valence-corrected chi connectivity index (χ0v) is 10.7. The van der Waals surface area contributed by atoms with Gasteiger partial charge in [-0.3, -0.25) is 14.6 Å². The molecule has 0 aromatic carbocycles. The quantitative estimate of drug-likeness (QED) is 0.388. The van der Waals surface area contributed by atoms with Gasteiger partial charge in [0.1, 0.15) is 0 Å². The van der Waals surface area contributed by atoms with Gasteiger partial charge in [-0.1, -0.05) is 0 Å². The standard InChI is InChI=1S/2BO3.3Be.10H2O/c2*2-1(3)4;;;;;;;;;;;;;/h;;;;;10*1H2/q2*-3;3*+2;;;;;;;;;;. The Kier molecular flexibility index (Phi) is 2230. The van der Waals surface area contributed by atoms with E-state index in [1.807, 2.05) is 0 Å². The fourth-order valence-corrected chi connectivity index (χ4v) is 0. The van der Waals surface area contributed by atoms with Crippen LogP contribution in [0.25, 0.3) is 0 Å². The van der Waals surface area contributed by atoms with Crippen LogP contribution in [0.3, 0.4) is 0 Å². The van der Waals surface area contributed by atoms with Gasteiger partial charge in [-0.2, -0.15) is 0 Å². The third-order valence-electron chi connectivity index (χ3n) is 0. The first-order valence-corrected chi connectivity index (χ1v) is 1.41. The van der Waals surface area contributed by atoms with Crippen molar-refractivity contribution < 1.29 is 84.9 Å². The smallest absolute Gasteiger partial charge is 0.907 e. The van der Waals surface area contributed by atoms with Crippen LogP contribution >= 0.6 is 0 Å². The molecule has 0 spiro atoms. The third kappa shape index (κ3) is 490000000. The molecule has 0 aromatic rings. The van der Waals surface area contributed by atoms with Crippen LogP contribution in [-0.2, 0) is 0 Å². The van der Waals surface area contributed by atoms with Gasteiger partial charge in [0.15, 0.2) is 0 Å². The van der Waals surface area contributed by atoms with Crippen molar-refractivity contribution in [1.82, 2.24) is 0 Å². The summed E-state index contributed by atoms with van der Waals surface area (Å²) in [6.07, 6.45) is 0. The van der Waals surface area contributed by atoms with Gasteiger partial charge >= 0.3 is 30.4 Å². The van der Waals surface area contributed by atoms with Crippen molar-refractivity contribution in [3.8, 4) is 0 Å². The first kappa shape index (κ1) is 233. The molecule has 128 valence electrons. The second-order valence-electron chi connectivity index (χ2n) is 0.577. The second kappa shape index (κ2) is 201. The van der Waals surface area contributed by atoms with E-state index in [2.05, 4.69) is 0 Å². The Hall–Kier alpha value is -0.00364. The van der Waals surface area contributed by atoms with E-state index in [9.17, 15) is 0 Å². The van der Waals surface area contributed by atoms with Gasteiger partial charge < -0.3 is 84.9 Å². The molecule has 21 heteroatoms. The molecule has 16 nitrogen and oxygen atoms in total. The molecule has 0 unspecified atom stereocenters. The molecular formula is H20B2Be3O16. The third-order valence-corrected chi connectivity index (χ3v) is 0. The molecule has 0 saturated heterocycles. The maximum atomic E-state index is 8.42. The monoisotopic (exact) mass is 325 g/mol. The molecule has 0 amide bonds. The zero-order chi connectivity index (χ0) is 7.15. The van der Waals surface area contributed by atoms with Crippen molar-refractivity contribution >= 4 is 45.0 Å². The van der Waals surface area contributed by atoms with Crippen molar-refractivity contribution in [1.29, 1.82) is 0 Å². The van der Waals surface area contributed by atoms with Gasteiger partial charge in [0, 0.05) is 0 Å². The van der Waals surface area contributed by atoms with Crippen LogP contribution in [0.2, 0.25) is 0 Å². The summed E-state index contributed by atoms with van der Waals surface area (Å²) >= 11 is 0. The Balaban J connectivity index is -0.00000000163. The van der Waals surface area contributed by atoms with Crippen molar-refractivity contribution in [2.45, 2.75) is 0 Å². The fraction of sp³-hybridized carbons (Fsp3) is 0. The Morgan fingerprint density at radius 1 is 0.286 bits per heavy atom. The largest absolute Gasteiger partial charge is 2.00 e. The van der Waals surface area contributed by atoms with Crippen LogP contribution in [-0.4, -0.2) is 99.8 Å². The van der Waals surface area contributed by atoms with E-state index < -0.39 is 14.6 Å². The Morgan fingerprint density at radius 2 is 0.286 bits per heavy atom. The predicted molar refractivity (Wildman–Crippen MR) is 64.9 cm³/mol. The minimum Gasteiger partial charge on any atom is -0.907 e. The summed E-state index contributed by atoms with van der Waals surface area (Å²) in [5.41, 5.74) is 0. The molecule has 21 heavy (non-hydrogen) atoms. The molecule has 0 rings (SSSR count). The summed E-state index contributed by atoms with van der Waals surface area (Å²) < 4.78 is 0. The van der Waals surface area contributed by atoms with Crippen LogP contribution in [0.5, 0.6) is 0 Å². The van der Waals surface area contributed by atoms with E-state index in [0.29, 0.717) is 0 Å². The van der Waals surface area contributed by atoms with E-state index >= 15 is 0 Å². The van der Waals surface area contributed by atoms with E-state index in [4.69, 9.17) is 30.1 Å². The van der Waals surface area contributed by atoms with E-state index in [1.54, 1.807) is 0 Å². The maximum Gasteiger partial charge on any atom is 2.00 e. The van der Waals surface area contributed by atoms with Crippen molar-refractivity contribution in [2.24, 2.45) is 0 Å². The average molecular weight is 325 g/mol. The van der Waals surface area contributed by atoms with E-state index in [1.165, 1.54) is 0 Å². The molecule has 0 aliphatic carbocycles. The van der Waals surface area contributed by atoms with E-state index in [0.717, 1.165) is 0 Å². The summed E-state index contributed by atoms with van der Waals surface area (Å²) in [6, 6.07) is 0. The topological polar surface area (TPSA) is 453 Å². The van der Waals surface area contributed by atoms with Crippen LogP contribution < -0.4 is 30.1 Å². The first-order chi connectivity index (χ1) is 3.46.